The molecule has 0 bridgehead atoms. The second-order valence-corrected chi connectivity index (χ2v) is 9.69. The number of carbonyl (C=O) groups is 1. The SMILES string of the molecule is COc1cc(-c2nnc(SCC(=O)Nc3ccc(Cl)cc3)n2-c2ccc(N(C)C)cc2)cc(OC)c1OC. The van der Waals surface area contributed by atoms with E-state index in [-0.39, 0.29) is 11.7 Å². The zero-order valence-corrected chi connectivity index (χ0v) is 23.3. The Morgan fingerprint density at radius 2 is 1.58 bits per heavy atom. The molecule has 4 rings (SSSR count). The quantitative estimate of drug-likeness (QED) is 0.261. The van der Waals surface area contributed by atoms with Gasteiger partial charge in [-0.3, -0.25) is 9.36 Å². The molecule has 0 fully saturated rings. The van der Waals surface area contributed by atoms with Crippen LogP contribution in [0.1, 0.15) is 0 Å². The van der Waals surface area contributed by atoms with Gasteiger partial charge >= 0.3 is 0 Å². The van der Waals surface area contributed by atoms with Gasteiger partial charge in [0, 0.05) is 41.7 Å². The highest BCUT2D eigenvalue weighted by Crippen LogP contribution is 2.41. The van der Waals surface area contributed by atoms with Gasteiger partial charge < -0.3 is 24.4 Å². The molecule has 0 unspecified atom stereocenters. The summed E-state index contributed by atoms with van der Waals surface area (Å²) in [6.45, 7) is 0. The molecule has 1 aromatic heterocycles. The number of rotatable bonds is 10. The van der Waals surface area contributed by atoms with Crippen LogP contribution in [0.25, 0.3) is 17.1 Å². The van der Waals surface area contributed by atoms with Crippen molar-refractivity contribution in [1.82, 2.24) is 14.8 Å². The molecule has 0 radical (unpaired) electrons. The number of halogens is 1. The first-order chi connectivity index (χ1) is 18.3. The highest BCUT2D eigenvalue weighted by atomic mass is 35.5. The van der Waals surface area contributed by atoms with E-state index in [2.05, 4.69) is 15.5 Å². The number of ether oxygens (including phenoxy) is 3. The molecule has 0 spiro atoms. The molecule has 1 amide bonds. The van der Waals surface area contributed by atoms with Crippen molar-refractivity contribution in [3.8, 4) is 34.3 Å². The fourth-order valence-corrected chi connectivity index (χ4v) is 4.63. The lowest BCUT2D eigenvalue weighted by Crippen LogP contribution is -2.14. The first-order valence-corrected chi connectivity index (χ1v) is 12.9. The van der Waals surface area contributed by atoms with Gasteiger partial charge in [-0.05, 0) is 60.7 Å². The normalized spacial score (nSPS) is 10.7. The van der Waals surface area contributed by atoms with Gasteiger partial charge in [0.15, 0.2) is 22.5 Å². The van der Waals surface area contributed by atoms with E-state index in [1.165, 1.54) is 11.8 Å². The summed E-state index contributed by atoms with van der Waals surface area (Å²) in [5, 5.41) is 12.9. The summed E-state index contributed by atoms with van der Waals surface area (Å²) in [5.74, 6) is 1.98. The number of nitrogens with one attached hydrogen (secondary N) is 1. The monoisotopic (exact) mass is 553 g/mol. The molecule has 3 aromatic carbocycles. The Labute approximate surface area is 230 Å². The second-order valence-electron chi connectivity index (χ2n) is 8.31. The summed E-state index contributed by atoms with van der Waals surface area (Å²) in [7, 11) is 8.64. The predicted molar refractivity (Wildman–Crippen MR) is 152 cm³/mol. The number of anilines is 2. The van der Waals surface area contributed by atoms with Crippen molar-refractivity contribution < 1.29 is 19.0 Å². The van der Waals surface area contributed by atoms with Crippen LogP contribution in [-0.2, 0) is 4.79 Å². The molecular formula is C27H28ClN5O4S. The highest BCUT2D eigenvalue weighted by Gasteiger charge is 2.21. The number of thioether (sulfide) groups is 1. The Balaban J connectivity index is 1.71. The largest absolute Gasteiger partial charge is 0.493 e. The molecule has 0 atom stereocenters. The second kappa shape index (κ2) is 12.1. The molecule has 1 N–H and O–H groups in total. The first-order valence-electron chi connectivity index (χ1n) is 11.6. The average Bonchev–Trinajstić information content (AvgIpc) is 3.36. The van der Waals surface area contributed by atoms with Crippen LogP contribution in [0.4, 0.5) is 11.4 Å². The Morgan fingerprint density at radius 1 is 0.947 bits per heavy atom. The molecule has 0 saturated carbocycles. The van der Waals surface area contributed by atoms with Gasteiger partial charge in [-0.25, -0.2) is 0 Å². The zero-order chi connectivity index (χ0) is 27.2. The Morgan fingerprint density at radius 3 is 2.13 bits per heavy atom. The van der Waals surface area contributed by atoms with Crippen LogP contribution in [0.5, 0.6) is 17.2 Å². The van der Waals surface area contributed by atoms with Crippen molar-refractivity contribution in [2.45, 2.75) is 5.16 Å². The number of methoxy groups -OCH3 is 3. The van der Waals surface area contributed by atoms with E-state index in [1.54, 1.807) is 45.6 Å². The van der Waals surface area contributed by atoms with Crippen molar-refractivity contribution >= 4 is 40.6 Å². The summed E-state index contributed by atoms with van der Waals surface area (Å²) < 4.78 is 18.5. The lowest BCUT2D eigenvalue weighted by Gasteiger charge is -2.16. The van der Waals surface area contributed by atoms with E-state index in [0.29, 0.717) is 44.5 Å². The number of hydrogen-bond donors (Lipinski definition) is 1. The molecule has 0 aliphatic carbocycles. The first kappa shape index (κ1) is 27.2. The van der Waals surface area contributed by atoms with Crippen molar-refractivity contribution in [3.63, 3.8) is 0 Å². The zero-order valence-electron chi connectivity index (χ0n) is 21.7. The maximum absolute atomic E-state index is 12.7. The molecule has 9 nitrogen and oxygen atoms in total. The van der Waals surface area contributed by atoms with Gasteiger partial charge in [-0.2, -0.15) is 0 Å². The van der Waals surface area contributed by atoms with Crippen LogP contribution in [0.2, 0.25) is 5.02 Å². The Hall–Kier alpha value is -3.89. The number of aromatic nitrogens is 3. The minimum Gasteiger partial charge on any atom is -0.493 e. The van der Waals surface area contributed by atoms with Gasteiger partial charge in [-0.15, -0.1) is 10.2 Å². The molecule has 11 heteroatoms. The van der Waals surface area contributed by atoms with E-state index in [0.717, 1.165) is 11.4 Å². The predicted octanol–water partition coefficient (Wildman–Crippen LogP) is 5.41. The standard InChI is InChI=1S/C27H28ClN5O4S/c1-32(2)20-10-12-21(13-11-20)33-26(17-14-22(35-3)25(37-5)23(15-17)36-4)30-31-27(33)38-16-24(34)29-19-8-6-18(28)7-9-19/h6-15H,16H2,1-5H3,(H,29,34). The molecule has 1 heterocycles. The van der Waals surface area contributed by atoms with E-state index in [4.69, 9.17) is 25.8 Å². The summed E-state index contributed by atoms with van der Waals surface area (Å²) >= 11 is 7.22. The molecule has 38 heavy (non-hydrogen) atoms. The van der Waals surface area contributed by atoms with Crippen LogP contribution >= 0.6 is 23.4 Å². The number of carbonyl (C=O) groups excluding carboxylic acids is 1. The minimum absolute atomic E-state index is 0.131. The third-order valence-electron chi connectivity index (χ3n) is 5.64. The maximum atomic E-state index is 12.7. The molecule has 0 saturated heterocycles. The van der Waals surface area contributed by atoms with Crippen molar-refractivity contribution in [3.05, 3.63) is 65.7 Å². The van der Waals surface area contributed by atoms with Crippen molar-refractivity contribution in [2.75, 3.05) is 51.4 Å². The third kappa shape index (κ3) is 5.98. The summed E-state index contributed by atoms with van der Waals surface area (Å²) in [6.07, 6.45) is 0. The Bertz CT molecular complexity index is 1380. The fraction of sp³-hybridized carbons (Fsp3) is 0.222. The van der Waals surface area contributed by atoms with Crippen LogP contribution in [0, 0.1) is 0 Å². The summed E-state index contributed by atoms with van der Waals surface area (Å²) in [6, 6.07) is 18.6. The van der Waals surface area contributed by atoms with Gasteiger partial charge in [0.25, 0.3) is 0 Å². The van der Waals surface area contributed by atoms with Gasteiger partial charge in [0.1, 0.15) is 0 Å². The van der Waals surface area contributed by atoms with Crippen LogP contribution in [-0.4, -0.2) is 61.8 Å². The summed E-state index contributed by atoms with van der Waals surface area (Å²) in [4.78, 5) is 14.7. The average molecular weight is 554 g/mol. The minimum atomic E-state index is -0.177. The van der Waals surface area contributed by atoms with E-state index >= 15 is 0 Å². The number of nitrogens with zero attached hydrogens (tertiary/aromatic N) is 4. The molecule has 0 aliphatic heterocycles. The maximum Gasteiger partial charge on any atom is 0.234 e. The topological polar surface area (TPSA) is 90.7 Å². The van der Waals surface area contributed by atoms with E-state index in [1.807, 2.05) is 60.0 Å². The van der Waals surface area contributed by atoms with E-state index < -0.39 is 0 Å². The molecular weight excluding hydrogens is 526 g/mol. The van der Waals surface area contributed by atoms with E-state index in [9.17, 15) is 4.79 Å². The third-order valence-corrected chi connectivity index (χ3v) is 6.82. The highest BCUT2D eigenvalue weighted by molar-refractivity contribution is 7.99. The number of amides is 1. The van der Waals surface area contributed by atoms with Crippen molar-refractivity contribution in [1.29, 1.82) is 0 Å². The van der Waals surface area contributed by atoms with Crippen LogP contribution in [0.15, 0.2) is 65.8 Å². The van der Waals surface area contributed by atoms with Gasteiger partial charge in [-0.1, -0.05) is 23.4 Å². The molecule has 4 aromatic rings. The van der Waals surface area contributed by atoms with Gasteiger partial charge in [0.2, 0.25) is 11.7 Å². The number of benzene rings is 3. The van der Waals surface area contributed by atoms with Crippen molar-refractivity contribution in [2.24, 2.45) is 0 Å². The van der Waals surface area contributed by atoms with Crippen LogP contribution in [0.3, 0.4) is 0 Å². The smallest absolute Gasteiger partial charge is 0.234 e. The fourth-order valence-electron chi connectivity index (χ4n) is 3.75. The number of hydrogen-bond acceptors (Lipinski definition) is 8. The van der Waals surface area contributed by atoms with Gasteiger partial charge in [0.05, 0.1) is 27.1 Å². The summed E-state index contributed by atoms with van der Waals surface area (Å²) in [5.41, 5.74) is 3.26. The van der Waals surface area contributed by atoms with Crippen LogP contribution < -0.4 is 24.4 Å². The molecule has 0 aliphatic rings. The molecule has 198 valence electrons. The lowest BCUT2D eigenvalue weighted by molar-refractivity contribution is -0.113. The lowest BCUT2D eigenvalue weighted by atomic mass is 10.1. The Kier molecular flexibility index (Phi) is 8.65.